The van der Waals surface area contributed by atoms with Crippen LogP contribution in [-0.4, -0.2) is 29.2 Å². The molecule has 1 heterocycles. The minimum atomic E-state index is -2.77. The Morgan fingerprint density at radius 2 is 2.29 bits per heavy atom. The Bertz CT molecular complexity index is 298. The van der Waals surface area contributed by atoms with Gasteiger partial charge in [0, 0.05) is 12.7 Å². The molecule has 0 amide bonds. The van der Waals surface area contributed by atoms with Crippen molar-refractivity contribution in [1.82, 2.24) is 4.98 Å². The summed E-state index contributed by atoms with van der Waals surface area (Å²) >= 11 is 5.69. The molecule has 6 heteroatoms. The number of aliphatic hydroxyl groups is 1. The average molecular weight is 223 g/mol. The Balaban J connectivity index is 2.50. The van der Waals surface area contributed by atoms with Crippen LogP contribution in [0.1, 0.15) is 0 Å². The van der Waals surface area contributed by atoms with Crippen molar-refractivity contribution in [1.29, 1.82) is 0 Å². The molecule has 0 aliphatic heterocycles. The molecule has 2 N–H and O–H groups in total. The number of nitrogens with zero attached hydrogens (tertiary/aromatic N) is 1. The summed E-state index contributed by atoms with van der Waals surface area (Å²) in [6.07, 6.45) is -3.01. The highest BCUT2D eigenvalue weighted by molar-refractivity contribution is 6.32. The fraction of sp³-hybridized carbons (Fsp3) is 0.375. The lowest BCUT2D eigenvalue weighted by molar-refractivity contribution is 0.00381. The lowest BCUT2D eigenvalue weighted by Gasteiger charge is -2.11. The molecule has 0 bridgehead atoms. The van der Waals surface area contributed by atoms with Crippen LogP contribution in [0, 0.1) is 0 Å². The molecule has 0 aromatic carbocycles. The van der Waals surface area contributed by atoms with E-state index in [4.69, 9.17) is 16.7 Å². The molecule has 0 saturated carbocycles. The highest BCUT2D eigenvalue weighted by atomic mass is 35.5. The van der Waals surface area contributed by atoms with Crippen LogP contribution in [0.15, 0.2) is 18.3 Å². The molecule has 1 unspecified atom stereocenters. The van der Waals surface area contributed by atoms with Crippen molar-refractivity contribution in [2.24, 2.45) is 0 Å². The van der Waals surface area contributed by atoms with Gasteiger partial charge in [-0.2, -0.15) is 0 Å². The summed E-state index contributed by atoms with van der Waals surface area (Å²) < 4.78 is 23.8. The van der Waals surface area contributed by atoms with Gasteiger partial charge in [-0.3, -0.25) is 0 Å². The molecule has 3 nitrogen and oxygen atoms in total. The first kappa shape index (κ1) is 11.1. The molecule has 1 aromatic heterocycles. The highest BCUT2D eigenvalue weighted by Crippen LogP contribution is 2.17. The van der Waals surface area contributed by atoms with E-state index in [9.17, 15) is 8.78 Å². The molecule has 1 rings (SSSR count). The Morgan fingerprint density at radius 1 is 1.57 bits per heavy atom. The van der Waals surface area contributed by atoms with Gasteiger partial charge in [-0.15, -0.1) is 0 Å². The van der Waals surface area contributed by atoms with Crippen molar-refractivity contribution in [3.05, 3.63) is 23.4 Å². The van der Waals surface area contributed by atoms with Gasteiger partial charge in [0.05, 0.1) is 5.02 Å². The maximum Gasteiger partial charge on any atom is 0.265 e. The number of nitrogens with one attached hydrogen (secondary N) is 1. The number of hydrogen-bond donors (Lipinski definition) is 2. The van der Waals surface area contributed by atoms with Gasteiger partial charge in [-0.25, -0.2) is 13.8 Å². The summed E-state index contributed by atoms with van der Waals surface area (Å²) in [7, 11) is 0. The minimum Gasteiger partial charge on any atom is -0.385 e. The zero-order valence-corrected chi connectivity index (χ0v) is 7.88. The van der Waals surface area contributed by atoms with Gasteiger partial charge in [-0.1, -0.05) is 11.6 Å². The number of aromatic nitrogens is 1. The van der Waals surface area contributed by atoms with E-state index in [2.05, 4.69) is 10.3 Å². The first-order chi connectivity index (χ1) is 6.61. The smallest absolute Gasteiger partial charge is 0.265 e. The topological polar surface area (TPSA) is 45.1 Å². The lowest BCUT2D eigenvalue weighted by atomic mass is 10.3. The van der Waals surface area contributed by atoms with E-state index in [0.29, 0.717) is 5.02 Å². The second kappa shape index (κ2) is 5.07. The molecule has 78 valence electrons. The molecule has 0 fully saturated rings. The van der Waals surface area contributed by atoms with Gasteiger partial charge in [0.1, 0.15) is 11.9 Å². The van der Waals surface area contributed by atoms with Gasteiger partial charge in [-0.05, 0) is 12.1 Å². The monoisotopic (exact) mass is 222 g/mol. The number of halogens is 3. The number of aliphatic hydroxyl groups excluding tert-OH is 1. The maximum atomic E-state index is 11.9. The van der Waals surface area contributed by atoms with E-state index in [-0.39, 0.29) is 12.4 Å². The fourth-order valence-electron chi connectivity index (χ4n) is 0.806. The number of anilines is 1. The standard InChI is InChI=1S/C8H9ClF2N2O/c9-5-2-1-3-12-8(5)13-4-6(14)7(10)11/h1-3,6-7,14H,4H2,(H,12,13). The first-order valence-electron chi connectivity index (χ1n) is 3.92. The van der Waals surface area contributed by atoms with Crippen LogP contribution < -0.4 is 5.32 Å². The van der Waals surface area contributed by atoms with Crippen LogP contribution in [0.5, 0.6) is 0 Å². The molecule has 14 heavy (non-hydrogen) atoms. The molecule has 1 atom stereocenters. The van der Waals surface area contributed by atoms with Gasteiger partial charge in [0.15, 0.2) is 0 Å². The van der Waals surface area contributed by atoms with E-state index >= 15 is 0 Å². The van der Waals surface area contributed by atoms with E-state index in [1.54, 1.807) is 12.1 Å². The Morgan fingerprint density at radius 3 is 2.86 bits per heavy atom. The van der Waals surface area contributed by atoms with Gasteiger partial charge in [0.25, 0.3) is 6.43 Å². The van der Waals surface area contributed by atoms with Crippen LogP contribution in [-0.2, 0) is 0 Å². The summed E-state index contributed by atoms with van der Waals surface area (Å²) in [6.45, 7) is -0.283. The van der Waals surface area contributed by atoms with E-state index in [1.807, 2.05) is 0 Å². The summed E-state index contributed by atoms with van der Waals surface area (Å²) in [6, 6.07) is 3.20. The van der Waals surface area contributed by atoms with Gasteiger partial charge < -0.3 is 10.4 Å². The largest absolute Gasteiger partial charge is 0.385 e. The fourth-order valence-corrected chi connectivity index (χ4v) is 0.994. The molecular weight excluding hydrogens is 214 g/mol. The van der Waals surface area contributed by atoms with Crippen LogP contribution in [0.4, 0.5) is 14.6 Å². The quantitative estimate of drug-likeness (QED) is 0.816. The molecule has 1 aromatic rings. The zero-order chi connectivity index (χ0) is 10.6. The second-order valence-corrected chi connectivity index (χ2v) is 3.02. The third-order valence-corrected chi connectivity index (χ3v) is 1.83. The average Bonchev–Trinajstić information content (AvgIpc) is 2.16. The Kier molecular flexibility index (Phi) is 4.03. The van der Waals surface area contributed by atoms with E-state index < -0.39 is 12.5 Å². The molecule has 0 saturated heterocycles. The normalized spacial score (nSPS) is 12.9. The molecule has 0 aliphatic rings. The third kappa shape index (κ3) is 3.08. The number of hydrogen-bond acceptors (Lipinski definition) is 3. The molecule has 0 spiro atoms. The molecule has 0 aliphatic carbocycles. The highest BCUT2D eigenvalue weighted by Gasteiger charge is 2.16. The minimum absolute atomic E-state index is 0.283. The predicted octanol–water partition coefficient (Wildman–Crippen LogP) is 1.77. The Hall–Kier alpha value is -0.940. The van der Waals surface area contributed by atoms with Crippen LogP contribution in [0.25, 0.3) is 0 Å². The van der Waals surface area contributed by atoms with Crippen LogP contribution in [0.2, 0.25) is 5.02 Å². The van der Waals surface area contributed by atoms with Crippen LogP contribution in [0.3, 0.4) is 0 Å². The zero-order valence-electron chi connectivity index (χ0n) is 7.12. The van der Waals surface area contributed by atoms with E-state index in [1.165, 1.54) is 6.20 Å². The van der Waals surface area contributed by atoms with E-state index in [0.717, 1.165) is 0 Å². The first-order valence-corrected chi connectivity index (χ1v) is 4.29. The third-order valence-electron chi connectivity index (χ3n) is 1.53. The second-order valence-electron chi connectivity index (χ2n) is 2.62. The van der Waals surface area contributed by atoms with Crippen molar-refractivity contribution >= 4 is 17.4 Å². The number of rotatable bonds is 4. The summed E-state index contributed by atoms with van der Waals surface area (Å²) in [4.78, 5) is 3.81. The molecule has 0 radical (unpaired) electrons. The van der Waals surface area contributed by atoms with Crippen molar-refractivity contribution in [2.45, 2.75) is 12.5 Å². The lowest BCUT2D eigenvalue weighted by Crippen LogP contribution is -2.27. The van der Waals surface area contributed by atoms with Crippen molar-refractivity contribution in [3.8, 4) is 0 Å². The molecular formula is C8H9ClF2N2O. The number of pyridine rings is 1. The summed E-state index contributed by atoms with van der Waals surface area (Å²) in [5.41, 5.74) is 0. The van der Waals surface area contributed by atoms with Crippen LogP contribution >= 0.6 is 11.6 Å². The number of alkyl halides is 2. The van der Waals surface area contributed by atoms with Crippen molar-refractivity contribution in [3.63, 3.8) is 0 Å². The van der Waals surface area contributed by atoms with Gasteiger partial charge >= 0.3 is 0 Å². The Labute approximate surface area is 84.7 Å². The van der Waals surface area contributed by atoms with Crippen molar-refractivity contribution in [2.75, 3.05) is 11.9 Å². The maximum absolute atomic E-state index is 11.9. The SMILES string of the molecule is OC(CNc1ncccc1Cl)C(F)F. The summed E-state index contributed by atoms with van der Waals surface area (Å²) in [5.74, 6) is 0.286. The van der Waals surface area contributed by atoms with Gasteiger partial charge in [0.2, 0.25) is 0 Å². The summed E-state index contributed by atoms with van der Waals surface area (Å²) in [5, 5.41) is 11.6. The van der Waals surface area contributed by atoms with Crippen molar-refractivity contribution < 1.29 is 13.9 Å². The predicted molar refractivity (Wildman–Crippen MR) is 49.7 cm³/mol.